The summed E-state index contributed by atoms with van der Waals surface area (Å²) < 4.78 is 1.27. The molecule has 5 N–H and O–H groups in total. The minimum Gasteiger partial charge on any atom is -0.366 e. The van der Waals surface area contributed by atoms with E-state index in [0.29, 0.717) is 0 Å². The maximum atomic E-state index is 10.7. The number of aromatic nitrogens is 2. The molecule has 2 amide bonds. The van der Waals surface area contributed by atoms with Gasteiger partial charge in [-0.05, 0) is 0 Å². The molecule has 0 bridgehead atoms. The number of nitrogens with two attached hydrogens (primary N) is 2. The molecular weight excluding hydrogens is 174 g/mol. The molecule has 0 saturated carbocycles. The Bertz CT molecular complexity index is 332. The van der Waals surface area contributed by atoms with E-state index in [0.717, 1.165) is 0 Å². The normalized spacial score (nSPS) is 9.62. The van der Waals surface area contributed by atoms with E-state index in [1.54, 1.807) is 0 Å². The molecule has 0 aromatic carbocycles. The van der Waals surface area contributed by atoms with E-state index in [2.05, 4.69) is 5.10 Å². The molecule has 0 spiro atoms. The molecule has 1 rings (SSSR count). The fourth-order valence-corrected chi connectivity index (χ4v) is 0.770. The van der Waals surface area contributed by atoms with E-state index in [-0.39, 0.29) is 12.1 Å². The Kier molecular flexibility index (Phi) is 2.60. The van der Waals surface area contributed by atoms with Gasteiger partial charge in [-0.1, -0.05) is 0 Å². The summed E-state index contributed by atoms with van der Waals surface area (Å²) >= 11 is 0. The Morgan fingerprint density at radius 2 is 2.31 bits per heavy atom. The topological polar surface area (TPSA) is 116 Å². The summed E-state index contributed by atoms with van der Waals surface area (Å²) in [6.07, 6.45) is 2.66. The summed E-state index contributed by atoms with van der Waals surface area (Å²) in [5.41, 5.74) is 7.16. The molecule has 0 radical (unpaired) electrons. The van der Waals surface area contributed by atoms with Crippen LogP contribution in [-0.4, -0.2) is 21.6 Å². The largest absolute Gasteiger partial charge is 0.366 e. The van der Waals surface area contributed by atoms with E-state index in [4.69, 9.17) is 11.6 Å². The second-order valence-electron chi connectivity index (χ2n) is 2.36. The third-order valence-corrected chi connectivity index (χ3v) is 1.38. The lowest BCUT2D eigenvalue weighted by atomic mass is 10.3. The van der Waals surface area contributed by atoms with Crippen molar-refractivity contribution in [1.29, 1.82) is 0 Å². The van der Waals surface area contributed by atoms with Crippen LogP contribution in [0.3, 0.4) is 0 Å². The summed E-state index contributed by atoms with van der Waals surface area (Å²) in [4.78, 5) is 21.4. The molecule has 1 aromatic rings. The van der Waals surface area contributed by atoms with Crippen molar-refractivity contribution in [2.24, 2.45) is 11.6 Å². The summed E-state index contributed by atoms with van der Waals surface area (Å²) in [5, 5.41) is 3.72. The van der Waals surface area contributed by atoms with Gasteiger partial charge in [-0.3, -0.25) is 19.7 Å². The number of carbonyl (C=O) groups excluding carboxylic acids is 2. The van der Waals surface area contributed by atoms with Crippen molar-refractivity contribution in [3.63, 3.8) is 0 Å². The number of carbonyl (C=O) groups is 2. The van der Waals surface area contributed by atoms with Gasteiger partial charge in [0.25, 0.3) is 11.8 Å². The second kappa shape index (κ2) is 3.68. The number of primary amides is 1. The number of hydrazine groups is 1. The molecule has 1 aromatic heterocycles. The van der Waals surface area contributed by atoms with Crippen LogP contribution in [-0.2, 0) is 11.3 Å². The van der Waals surface area contributed by atoms with Gasteiger partial charge in [0.2, 0.25) is 0 Å². The highest BCUT2D eigenvalue weighted by Gasteiger charge is 2.05. The highest BCUT2D eigenvalue weighted by Crippen LogP contribution is 1.95. The fraction of sp³-hybridized carbons (Fsp3) is 0.167. The zero-order valence-electron chi connectivity index (χ0n) is 6.73. The monoisotopic (exact) mass is 183 g/mol. The van der Waals surface area contributed by atoms with Gasteiger partial charge in [0.15, 0.2) is 0 Å². The first-order valence-corrected chi connectivity index (χ1v) is 3.45. The molecule has 0 saturated heterocycles. The van der Waals surface area contributed by atoms with Crippen LogP contribution in [0.5, 0.6) is 0 Å². The highest BCUT2D eigenvalue weighted by atomic mass is 16.2. The molecule has 7 heteroatoms. The Balaban J connectivity index is 2.69. The summed E-state index contributed by atoms with van der Waals surface area (Å²) in [6, 6.07) is 0. The number of rotatable bonds is 3. The van der Waals surface area contributed by atoms with Crippen LogP contribution in [0, 0.1) is 0 Å². The number of nitrogens with zero attached hydrogens (tertiary/aromatic N) is 2. The molecule has 7 nitrogen and oxygen atoms in total. The van der Waals surface area contributed by atoms with Gasteiger partial charge >= 0.3 is 0 Å². The lowest BCUT2D eigenvalue weighted by Crippen LogP contribution is -2.33. The van der Waals surface area contributed by atoms with Gasteiger partial charge in [-0.2, -0.15) is 5.10 Å². The molecular formula is C6H9N5O2. The van der Waals surface area contributed by atoms with E-state index in [1.807, 2.05) is 5.43 Å². The molecule has 13 heavy (non-hydrogen) atoms. The van der Waals surface area contributed by atoms with E-state index in [1.165, 1.54) is 17.1 Å². The van der Waals surface area contributed by atoms with E-state index in [9.17, 15) is 9.59 Å². The molecule has 1 heterocycles. The van der Waals surface area contributed by atoms with Crippen LogP contribution in [0.15, 0.2) is 12.4 Å². The Labute approximate surface area is 73.7 Å². The Morgan fingerprint density at radius 3 is 2.77 bits per heavy atom. The van der Waals surface area contributed by atoms with Crippen molar-refractivity contribution >= 4 is 11.8 Å². The van der Waals surface area contributed by atoms with Crippen molar-refractivity contribution in [3.05, 3.63) is 18.0 Å². The molecule has 70 valence electrons. The first kappa shape index (κ1) is 9.20. The zero-order chi connectivity index (χ0) is 9.84. The van der Waals surface area contributed by atoms with Crippen LogP contribution < -0.4 is 17.0 Å². The minimum atomic E-state index is -0.584. The standard InChI is InChI=1S/C6H9N5O2/c7-6(13)4-1-9-11(2-4)3-5(12)10-8/h1-2H,3,8H2,(H2,7,13)(H,10,12). The molecule has 0 unspecified atom stereocenters. The zero-order valence-corrected chi connectivity index (χ0v) is 6.73. The Hall–Kier alpha value is -1.89. The predicted octanol–water partition coefficient (Wildman–Crippen LogP) is -2.03. The van der Waals surface area contributed by atoms with Crippen LogP contribution in [0.4, 0.5) is 0 Å². The first-order valence-electron chi connectivity index (χ1n) is 3.45. The molecule has 0 aliphatic heterocycles. The predicted molar refractivity (Wildman–Crippen MR) is 43.1 cm³/mol. The maximum Gasteiger partial charge on any atom is 0.255 e. The smallest absolute Gasteiger partial charge is 0.255 e. The molecule has 0 fully saturated rings. The molecule has 0 aliphatic rings. The minimum absolute atomic E-state index is 0.0379. The van der Waals surface area contributed by atoms with Crippen LogP contribution >= 0.6 is 0 Å². The lowest BCUT2D eigenvalue weighted by Gasteiger charge is -1.97. The first-order chi connectivity index (χ1) is 6.13. The van der Waals surface area contributed by atoms with Crippen LogP contribution in [0.25, 0.3) is 0 Å². The van der Waals surface area contributed by atoms with Crippen molar-refractivity contribution in [1.82, 2.24) is 15.2 Å². The summed E-state index contributed by atoms with van der Waals surface area (Å²) in [7, 11) is 0. The fourth-order valence-electron chi connectivity index (χ4n) is 0.770. The van der Waals surface area contributed by atoms with Gasteiger partial charge < -0.3 is 5.73 Å². The van der Waals surface area contributed by atoms with Crippen molar-refractivity contribution in [2.45, 2.75) is 6.54 Å². The second-order valence-corrected chi connectivity index (χ2v) is 2.36. The van der Waals surface area contributed by atoms with Gasteiger partial charge in [0, 0.05) is 6.20 Å². The summed E-state index contributed by atoms with van der Waals surface area (Å²) in [6.45, 7) is -0.0379. The average Bonchev–Trinajstić information content (AvgIpc) is 2.52. The number of amides is 2. The molecule has 0 atom stereocenters. The van der Waals surface area contributed by atoms with Gasteiger partial charge in [-0.25, -0.2) is 5.84 Å². The van der Waals surface area contributed by atoms with Gasteiger partial charge in [0.1, 0.15) is 6.54 Å². The third kappa shape index (κ3) is 2.27. The van der Waals surface area contributed by atoms with Gasteiger partial charge in [0.05, 0.1) is 11.8 Å². The lowest BCUT2D eigenvalue weighted by molar-refractivity contribution is -0.121. The van der Waals surface area contributed by atoms with Crippen LogP contribution in [0.2, 0.25) is 0 Å². The van der Waals surface area contributed by atoms with E-state index >= 15 is 0 Å². The maximum absolute atomic E-state index is 10.7. The van der Waals surface area contributed by atoms with Crippen molar-refractivity contribution < 1.29 is 9.59 Å². The van der Waals surface area contributed by atoms with Crippen molar-refractivity contribution in [2.75, 3.05) is 0 Å². The summed E-state index contributed by atoms with van der Waals surface area (Å²) in [5.74, 6) is 3.87. The van der Waals surface area contributed by atoms with Crippen molar-refractivity contribution in [3.8, 4) is 0 Å². The van der Waals surface area contributed by atoms with Crippen LogP contribution in [0.1, 0.15) is 10.4 Å². The van der Waals surface area contributed by atoms with E-state index < -0.39 is 11.8 Å². The number of nitrogens with one attached hydrogen (secondary N) is 1. The number of hydrogen-bond acceptors (Lipinski definition) is 4. The quantitative estimate of drug-likeness (QED) is 0.284. The molecule has 0 aliphatic carbocycles. The SMILES string of the molecule is NNC(=O)Cn1cc(C(N)=O)cn1. The Morgan fingerprint density at radius 1 is 1.62 bits per heavy atom. The van der Waals surface area contributed by atoms with Gasteiger partial charge in [-0.15, -0.1) is 0 Å². The average molecular weight is 183 g/mol. The number of hydrogen-bond donors (Lipinski definition) is 3. The highest BCUT2D eigenvalue weighted by molar-refractivity contribution is 5.92. The third-order valence-electron chi connectivity index (χ3n) is 1.38.